The van der Waals surface area contributed by atoms with Crippen molar-refractivity contribution >= 4 is 14.5 Å². The van der Waals surface area contributed by atoms with Crippen LogP contribution >= 0.6 is 0 Å². The first-order valence-corrected chi connectivity index (χ1v) is 9.44. The maximum absolute atomic E-state index is 11.0. The van der Waals surface area contributed by atoms with Gasteiger partial charge in [-0.3, -0.25) is 0 Å². The third-order valence-electron chi connectivity index (χ3n) is 2.84. The Labute approximate surface area is 118 Å². The zero-order valence-corrected chi connectivity index (χ0v) is 13.6. The lowest BCUT2D eigenvalue weighted by Gasteiger charge is -2.30. The molecular formula is C14H28O4Si. The van der Waals surface area contributed by atoms with Crippen LogP contribution in [0.5, 0.6) is 0 Å². The van der Waals surface area contributed by atoms with Gasteiger partial charge in [0.15, 0.2) is 0 Å². The molecule has 19 heavy (non-hydrogen) atoms. The maximum Gasteiger partial charge on any atom is 0.338 e. The molecule has 0 heterocycles. The minimum absolute atomic E-state index is 0.367. The number of unbranched alkanes of at least 4 members (excludes halogenated alkanes) is 1. The molecule has 0 aromatic carbocycles. The molecule has 0 aromatic heterocycles. The minimum Gasteiger partial charge on any atom is -0.463 e. The van der Waals surface area contributed by atoms with Crippen LogP contribution < -0.4 is 0 Å². The number of rotatable bonds is 12. The number of hydrogen-bond donors (Lipinski definition) is 0. The fraction of sp³-hybridized carbons (Fsp3) is 0.786. The topological polar surface area (TPSA) is 44.8 Å². The Morgan fingerprint density at radius 1 is 1.11 bits per heavy atom. The number of esters is 1. The van der Waals surface area contributed by atoms with E-state index in [9.17, 15) is 4.79 Å². The molecule has 112 valence electrons. The number of carbonyl (C=O) groups is 1. The van der Waals surface area contributed by atoms with Crippen LogP contribution in [0.15, 0.2) is 12.7 Å². The van der Waals surface area contributed by atoms with E-state index in [4.69, 9.17) is 13.6 Å². The van der Waals surface area contributed by atoms with E-state index in [1.54, 1.807) is 0 Å². The molecule has 5 heteroatoms. The molecule has 0 saturated carbocycles. The third kappa shape index (κ3) is 8.18. The van der Waals surface area contributed by atoms with E-state index in [0.717, 1.165) is 31.4 Å². The van der Waals surface area contributed by atoms with Crippen molar-refractivity contribution in [3.63, 3.8) is 0 Å². The highest BCUT2D eigenvalue weighted by molar-refractivity contribution is 6.67. The Kier molecular flexibility index (Phi) is 10.8. The second kappa shape index (κ2) is 11.2. The lowest BCUT2D eigenvalue weighted by atomic mass is 10.4. The average molecular weight is 288 g/mol. The molecular weight excluding hydrogens is 260 g/mol. The van der Waals surface area contributed by atoms with Gasteiger partial charge in [-0.2, -0.15) is 0 Å². The van der Waals surface area contributed by atoms with E-state index in [1.807, 2.05) is 13.8 Å². The van der Waals surface area contributed by atoms with Crippen molar-refractivity contribution in [2.24, 2.45) is 0 Å². The highest BCUT2D eigenvalue weighted by Gasteiger charge is 2.35. The van der Waals surface area contributed by atoms with Crippen molar-refractivity contribution in [2.75, 3.05) is 19.8 Å². The molecule has 0 aliphatic heterocycles. The van der Waals surface area contributed by atoms with E-state index < -0.39 is 8.56 Å². The quantitative estimate of drug-likeness (QED) is 0.239. The van der Waals surface area contributed by atoms with Gasteiger partial charge in [0.1, 0.15) is 0 Å². The summed E-state index contributed by atoms with van der Waals surface area (Å²) in [6, 6.07) is 1.89. The fourth-order valence-electron chi connectivity index (χ4n) is 2.00. The van der Waals surface area contributed by atoms with Gasteiger partial charge in [-0.15, -0.1) is 0 Å². The lowest BCUT2D eigenvalue weighted by molar-refractivity contribution is -0.137. The molecule has 0 rings (SSSR count). The summed E-state index contributed by atoms with van der Waals surface area (Å²) < 4.78 is 16.9. The first kappa shape index (κ1) is 18.3. The summed E-state index contributed by atoms with van der Waals surface area (Å²) >= 11 is 0. The molecule has 0 atom stereocenters. The van der Waals surface area contributed by atoms with Gasteiger partial charge in [0.2, 0.25) is 0 Å². The largest absolute Gasteiger partial charge is 0.463 e. The molecule has 0 aromatic rings. The monoisotopic (exact) mass is 288 g/mol. The van der Waals surface area contributed by atoms with Gasteiger partial charge in [-0.25, -0.2) is 4.79 Å². The van der Waals surface area contributed by atoms with Crippen LogP contribution in [0, 0.1) is 0 Å². The summed E-state index contributed by atoms with van der Waals surface area (Å²) in [6.07, 6.45) is 4.24. The second-order valence-electron chi connectivity index (χ2n) is 4.36. The van der Waals surface area contributed by atoms with Crippen molar-refractivity contribution in [1.82, 2.24) is 0 Å². The Bertz CT molecular complexity index is 250. The van der Waals surface area contributed by atoms with Crippen LogP contribution in [0.2, 0.25) is 12.1 Å². The standard InChI is InChI=1S/C14H28O4Si/c1-5-9-12-19(17-7-3,18-8-4)13-10-11-16-14(15)6-2/h6H,2,5,7-13H2,1,3-4H3. The van der Waals surface area contributed by atoms with Crippen LogP contribution in [-0.2, 0) is 18.4 Å². The van der Waals surface area contributed by atoms with Gasteiger partial charge < -0.3 is 13.6 Å². The number of hydrogen-bond acceptors (Lipinski definition) is 4. The molecule has 0 spiro atoms. The molecule has 0 saturated heterocycles. The molecule has 0 amide bonds. The molecule has 0 bridgehead atoms. The molecule has 0 unspecified atom stereocenters. The van der Waals surface area contributed by atoms with Gasteiger partial charge in [0, 0.05) is 19.3 Å². The van der Waals surface area contributed by atoms with Gasteiger partial charge in [-0.1, -0.05) is 26.3 Å². The van der Waals surface area contributed by atoms with Gasteiger partial charge in [0.25, 0.3) is 0 Å². The van der Waals surface area contributed by atoms with Crippen LogP contribution in [0.4, 0.5) is 0 Å². The van der Waals surface area contributed by atoms with Crippen molar-refractivity contribution < 1.29 is 18.4 Å². The van der Waals surface area contributed by atoms with Crippen LogP contribution in [0.25, 0.3) is 0 Å². The van der Waals surface area contributed by atoms with E-state index >= 15 is 0 Å². The van der Waals surface area contributed by atoms with E-state index in [1.165, 1.54) is 6.08 Å². The summed E-state index contributed by atoms with van der Waals surface area (Å²) in [6.45, 7) is 11.3. The van der Waals surface area contributed by atoms with Crippen molar-refractivity contribution in [3.05, 3.63) is 12.7 Å². The Balaban J connectivity index is 4.28. The fourth-order valence-corrected chi connectivity index (χ4v) is 5.54. The Morgan fingerprint density at radius 2 is 1.68 bits per heavy atom. The smallest absolute Gasteiger partial charge is 0.338 e. The van der Waals surface area contributed by atoms with E-state index in [2.05, 4.69) is 13.5 Å². The first-order chi connectivity index (χ1) is 9.14. The maximum atomic E-state index is 11.0. The summed E-state index contributed by atoms with van der Waals surface area (Å²) in [7, 11) is -2.12. The Morgan fingerprint density at radius 3 is 2.16 bits per heavy atom. The highest BCUT2D eigenvalue weighted by Crippen LogP contribution is 2.24. The van der Waals surface area contributed by atoms with Crippen LogP contribution in [0.3, 0.4) is 0 Å². The van der Waals surface area contributed by atoms with Crippen molar-refractivity contribution in [3.8, 4) is 0 Å². The van der Waals surface area contributed by atoms with Gasteiger partial charge in [0.05, 0.1) is 6.61 Å². The normalized spacial score (nSPS) is 11.3. The zero-order chi connectivity index (χ0) is 14.6. The van der Waals surface area contributed by atoms with Gasteiger partial charge in [-0.05, 0) is 32.4 Å². The predicted octanol–water partition coefficient (Wildman–Crippen LogP) is 3.42. The predicted molar refractivity (Wildman–Crippen MR) is 79.3 cm³/mol. The summed E-state index contributed by atoms with van der Waals surface area (Å²) in [4.78, 5) is 11.0. The average Bonchev–Trinajstić information content (AvgIpc) is 2.41. The number of ether oxygens (including phenoxy) is 1. The van der Waals surface area contributed by atoms with Crippen LogP contribution in [0.1, 0.15) is 40.0 Å². The summed E-state index contributed by atoms with van der Waals surface area (Å²) in [5.74, 6) is -0.367. The molecule has 0 N–H and O–H groups in total. The van der Waals surface area contributed by atoms with Crippen LogP contribution in [-0.4, -0.2) is 34.4 Å². The van der Waals surface area contributed by atoms with Crippen molar-refractivity contribution in [1.29, 1.82) is 0 Å². The zero-order valence-electron chi connectivity index (χ0n) is 12.6. The van der Waals surface area contributed by atoms with E-state index in [-0.39, 0.29) is 5.97 Å². The minimum atomic E-state index is -2.12. The molecule has 0 fully saturated rings. The SMILES string of the molecule is C=CC(=O)OCCC[Si](CCCC)(OCC)OCC. The van der Waals surface area contributed by atoms with E-state index in [0.29, 0.717) is 19.8 Å². The molecule has 4 nitrogen and oxygen atoms in total. The third-order valence-corrected chi connectivity index (χ3v) is 6.70. The Hall–Kier alpha value is -0.653. The second-order valence-corrected chi connectivity index (χ2v) is 7.75. The highest BCUT2D eigenvalue weighted by atomic mass is 28.4. The lowest BCUT2D eigenvalue weighted by Crippen LogP contribution is -2.42. The molecule has 0 aliphatic rings. The summed E-state index contributed by atoms with van der Waals surface area (Å²) in [5, 5.41) is 0. The molecule has 0 radical (unpaired) electrons. The first-order valence-electron chi connectivity index (χ1n) is 7.21. The number of carbonyl (C=O) groups excluding carboxylic acids is 1. The molecule has 0 aliphatic carbocycles. The van der Waals surface area contributed by atoms with Gasteiger partial charge >= 0.3 is 14.5 Å². The van der Waals surface area contributed by atoms with Crippen molar-refractivity contribution in [2.45, 2.75) is 52.1 Å². The summed E-state index contributed by atoms with van der Waals surface area (Å²) in [5.41, 5.74) is 0.